The predicted octanol–water partition coefficient (Wildman–Crippen LogP) is 9.56. The lowest BCUT2D eigenvalue weighted by atomic mass is 9.96. The second kappa shape index (κ2) is 21.0. The van der Waals surface area contributed by atoms with Crippen LogP contribution in [0.15, 0.2) is 109 Å². The van der Waals surface area contributed by atoms with Crippen LogP contribution in [0.3, 0.4) is 0 Å². The fraction of sp³-hybridized carbons (Fsp3) is 0.262. The van der Waals surface area contributed by atoms with Gasteiger partial charge in [-0.3, -0.25) is 4.79 Å². The maximum Gasteiger partial charge on any atom is 0.344 e. The second-order valence-corrected chi connectivity index (χ2v) is 14.2. The summed E-state index contributed by atoms with van der Waals surface area (Å²) >= 11 is 6.39. The lowest BCUT2D eigenvalue weighted by Crippen LogP contribution is -2.08. The van der Waals surface area contributed by atoms with Crippen LogP contribution in [-0.2, 0) is 36.7 Å². The molecule has 0 bridgehead atoms. The Morgan fingerprint density at radius 1 is 0.759 bits per heavy atom. The van der Waals surface area contributed by atoms with E-state index in [1.807, 2.05) is 12.1 Å². The first kappa shape index (κ1) is 43.3. The van der Waals surface area contributed by atoms with E-state index in [1.165, 1.54) is 6.07 Å². The molecule has 0 aliphatic rings. The number of rotatable bonds is 16. The van der Waals surface area contributed by atoms with Gasteiger partial charge >= 0.3 is 23.5 Å². The average Bonchev–Trinajstić information content (AvgIpc) is 3.12. The number of phenols is 1. The zero-order valence-electron chi connectivity index (χ0n) is 30.4. The van der Waals surface area contributed by atoms with Crippen molar-refractivity contribution in [2.45, 2.75) is 59.3 Å². The molecule has 3 aromatic carbocycles. The number of hydrogen-bond donors (Lipinski definition) is 1. The van der Waals surface area contributed by atoms with E-state index >= 15 is 0 Å². The molecule has 1 heterocycles. The predicted molar refractivity (Wildman–Crippen MR) is 215 cm³/mol. The summed E-state index contributed by atoms with van der Waals surface area (Å²) in [5.74, 6) is -1.01. The van der Waals surface area contributed by atoms with Crippen LogP contribution in [0.5, 0.6) is 11.5 Å². The smallest absolute Gasteiger partial charge is 0.344 e. The number of phenolic OH excluding ortho intramolecular Hbond substituents is 1. The van der Waals surface area contributed by atoms with Crippen molar-refractivity contribution in [2.75, 3.05) is 13.2 Å². The Morgan fingerprint density at radius 3 is 1.87 bits per heavy atom. The second-order valence-electron chi connectivity index (χ2n) is 12.5. The van der Waals surface area contributed by atoms with E-state index < -0.39 is 23.5 Å². The van der Waals surface area contributed by atoms with Crippen molar-refractivity contribution in [3.05, 3.63) is 127 Å². The van der Waals surface area contributed by atoms with Crippen LogP contribution < -0.4 is 10.4 Å². The highest BCUT2D eigenvalue weighted by molar-refractivity contribution is 9.13. The van der Waals surface area contributed by atoms with Gasteiger partial charge < -0.3 is 23.7 Å². The number of fused-ring (bicyclic) bond motifs is 1. The number of benzene rings is 3. The van der Waals surface area contributed by atoms with Crippen LogP contribution in [0.4, 0.5) is 0 Å². The Bertz CT molecular complexity index is 2110. The molecule has 12 heteroatoms. The van der Waals surface area contributed by atoms with Crippen molar-refractivity contribution in [3.8, 4) is 22.6 Å². The molecular weight excluding hydrogens is 824 g/mol. The SMILES string of the molecule is C=C(C)C(=O)OCCCCc1cc(CCCCOC(=O)C(=C)C)c2cc(-c3ccc(OC(=O)C(=C)C)cc3)c(=O)oc2c1.O=Cc1cc(Br)c(Br)cc1O. The summed E-state index contributed by atoms with van der Waals surface area (Å²) in [4.78, 5) is 58.5. The highest BCUT2D eigenvalue weighted by atomic mass is 79.9. The molecule has 284 valence electrons. The van der Waals surface area contributed by atoms with Crippen LogP contribution in [-0.4, -0.2) is 42.5 Å². The Hall–Kier alpha value is -5.07. The van der Waals surface area contributed by atoms with E-state index in [-0.39, 0.29) is 23.5 Å². The van der Waals surface area contributed by atoms with Gasteiger partial charge in [-0.2, -0.15) is 0 Å². The molecule has 4 aromatic rings. The molecule has 1 N–H and O–H groups in total. The fourth-order valence-corrected chi connectivity index (χ4v) is 5.57. The van der Waals surface area contributed by atoms with Gasteiger partial charge in [0, 0.05) is 31.1 Å². The quantitative estimate of drug-likeness (QED) is 0.0289. The summed E-state index contributed by atoms with van der Waals surface area (Å²) in [7, 11) is 0. The number of halogens is 2. The van der Waals surface area contributed by atoms with Crippen LogP contribution in [0.2, 0.25) is 0 Å². The molecule has 0 unspecified atom stereocenters. The molecule has 0 radical (unpaired) electrons. The molecule has 0 atom stereocenters. The molecule has 0 spiro atoms. The number of aryl methyl sites for hydroxylation is 2. The molecule has 0 saturated carbocycles. The summed E-state index contributed by atoms with van der Waals surface area (Å²) in [6, 6.07) is 15.4. The lowest BCUT2D eigenvalue weighted by molar-refractivity contribution is -0.139. The third-order valence-corrected chi connectivity index (χ3v) is 9.63. The minimum atomic E-state index is -0.527. The van der Waals surface area contributed by atoms with Gasteiger partial charge in [0.05, 0.1) is 24.3 Å². The zero-order valence-corrected chi connectivity index (χ0v) is 33.6. The monoisotopic (exact) mass is 864 g/mol. The number of carbonyl (C=O) groups is 4. The Morgan fingerprint density at radius 2 is 1.31 bits per heavy atom. The first-order valence-electron chi connectivity index (χ1n) is 17.0. The van der Waals surface area contributed by atoms with E-state index in [2.05, 4.69) is 57.7 Å². The van der Waals surface area contributed by atoms with Gasteiger partial charge in [-0.15, -0.1) is 0 Å². The van der Waals surface area contributed by atoms with Crippen LogP contribution >= 0.6 is 31.9 Å². The number of carbonyl (C=O) groups excluding carboxylic acids is 4. The van der Waals surface area contributed by atoms with Crippen molar-refractivity contribution in [1.29, 1.82) is 0 Å². The van der Waals surface area contributed by atoms with Gasteiger partial charge in [-0.1, -0.05) is 37.9 Å². The molecule has 0 amide bonds. The van der Waals surface area contributed by atoms with Crippen molar-refractivity contribution >= 4 is 67.0 Å². The number of aldehydes is 1. The van der Waals surface area contributed by atoms with Crippen molar-refractivity contribution in [1.82, 2.24) is 0 Å². The molecule has 0 fully saturated rings. The first-order chi connectivity index (χ1) is 25.6. The van der Waals surface area contributed by atoms with Crippen LogP contribution in [0, 0.1) is 0 Å². The highest BCUT2D eigenvalue weighted by Gasteiger charge is 2.14. The van der Waals surface area contributed by atoms with Gasteiger partial charge in [0.15, 0.2) is 6.29 Å². The summed E-state index contributed by atoms with van der Waals surface area (Å²) in [5.41, 5.74) is 4.29. The zero-order chi connectivity index (χ0) is 39.9. The van der Waals surface area contributed by atoms with E-state index in [4.69, 9.17) is 23.7 Å². The average molecular weight is 867 g/mol. The molecule has 54 heavy (non-hydrogen) atoms. The van der Waals surface area contributed by atoms with Crippen molar-refractivity contribution < 1.29 is 42.9 Å². The summed E-state index contributed by atoms with van der Waals surface area (Å²) < 4.78 is 22.9. The van der Waals surface area contributed by atoms with Crippen molar-refractivity contribution in [3.63, 3.8) is 0 Å². The van der Waals surface area contributed by atoms with Gasteiger partial charge in [0.1, 0.15) is 17.1 Å². The maximum absolute atomic E-state index is 13.1. The minimum Gasteiger partial charge on any atom is -0.507 e. The summed E-state index contributed by atoms with van der Waals surface area (Å²) in [5, 5.41) is 9.94. The largest absolute Gasteiger partial charge is 0.507 e. The third-order valence-electron chi connectivity index (χ3n) is 7.78. The maximum atomic E-state index is 13.1. The number of hydrogen-bond acceptors (Lipinski definition) is 10. The van der Waals surface area contributed by atoms with Gasteiger partial charge in [-0.25, -0.2) is 19.2 Å². The topological polar surface area (TPSA) is 146 Å². The molecule has 0 saturated heterocycles. The molecule has 0 aliphatic heterocycles. The minimum absolute atomic E-state index is 0.0184. The van der Waals surface area contributed by atoms with Gasteiger partial charge in [-0.05, 0) is 144 Å². The molecule has 0 aliphatic carbocycles. The van der Waals surface area contributed by atoms with E-state index in [0.29, 0.717) is 72.2 Å². The number of ether oxygens (including phenoxy) is 3. The summed E-state index contributed by atoms with van der Waals surface area (Å²) in [6.45, 7) is 16.1. The normalized spacial score (nSPS) is 10.5. The van der Waals surface area contributed by atoms with E-state index in [1.54, 1.807) is 51.1 Å². The van der Waals surface area contributed by atoms with Gasteiger partial charge in [0.2, 0.25) is 0 Å². The number of unbranched alkanes of at least 4 members (excludes halogenated alkanes) is 2. The molecule has 4 rings (SSSR count). The van der Waals surface area contributed by atoms with Gasteiger partial charge in [0.25, 0.3) is 0 Å². The van der Waals surface area contributed by atoms with Crippen LogP contribution in [0.1, 0.15) is 67.9 Å². The number of esters is 3. The third kappa shape index (κ3) is 13.1. The van der Waals surface area contributed by atoms with Crippen LogP contribution in [0.25, 0.3) is 22.1 Å². The molecular formula is C42H42Br2O10. The standard InChI is InChI=1S/C35H38O8.C7H4Br2O2/c1-22(2)32(36)40-17-9-7-11-25-19-27(12-8-10-18-41-33(37)23(3)4)29-21-30(35(39)43-31(29)20-25)26-13-15-28(16-14-26)42-34(38)24(5)6;8-5-1-4(3-10)7(11)2-6(5)9/h13-16,19-21H,1,3,5,7-12,17-18H2,2,4,6H3;1-3,11H. The van der Waals surface area contributed by atoms with E-state index in [0.717, 1.165) is 38.3 Å². The molecule has 1 aromatic heterocycles. The lowest BCUT2D eigenvalue weighted by Gasteiger charge is -2.12. The number of aromatic hydroxyl groups is 1. The first-order valence-corrected chi connectivity index (χ1v) is 18.6. The Kier molecular flexibility index (Phi) is 16.8. The van der Waals surface area contributed by atoms with Crippen molar-refractivity contribution in [2.24, 2.45) is 0 Å². The highest BCUT2D eigenvalue weighted by Crippen LogP contribution is 2.30. The Balaban J connectivity index is 0.000000609. The van der Waals surface area contributed by atoms with E-state index in [9.17, 15) is 24.0 Å². The molecule has 10 nitrogen and oxygen atoms in total. The fourth-order valence-electron chi connectivity index (χ4n) is 4.87. The summed E-state index contributed by atoms with van der Waals surface area (Å²) in [6.07, 6.45) is 4.85. The Labute approximate surface area is 330 Å².